The minimum Gasteiger partial charge on any atom is -0.369 e. The van der Waals surface area contributed by atoms with Crippen LogP contribution in [0.1, 0.15) is 31.2 Å². The Hall–Kier alpha value is -1.79. The number of hydrogen-bond donors (Lipinski definition) is 3. The fourth-order valence-electron chi connectivity index (χ4n) is 3.35. The predicted molar refractivity (Wildman–Crippen MR) is 112 cm³/mol. The monoisotopic (exact) mass is 393 g/mol. The van der Waals surface area contributed by atoms with Gasteiger partial charge >= 0.3 is 0 Å². The van der Waals surface area contributed by atoms with Crippen LogP contribution in [0, 0.1) is 5.92 Å². The van der Waals surface area contributed by atoms with Crippen molar-refractivity contribution in [2.45, 2.75) is 32.1 Å². The van der Waals surface area contributed by atoms with Crippen LogP contribution in [0.3, 0.4) is 0 Å². The van der Waals surface area contributed by atoms with Crippen LogP contribution in [0.15, 0.2) is 29.3 Å². The summed E-state index contributed by atoms with van der Waals surface area (Å²) in [6.45, 7) is 4.75. The minimum absolute atomic E-state index is 0.0734. The number of carbonyl (C=O) groups excluding carboxylic acids is 1. The topological polar surface area (TPSA) is 82.8 Å². The van der Waals surface area contributed by atoms with Crippen molar-refractivity contribution in [2.75, 3.05) is 39.8 Å². The zero-order valence-electron chi connectivity index (χ0n) is 16.2. The van der Waals surface area contributed by atoms with Crippen LogP contribution in [-0.4, -0.2) is 56.5 Å². The van der Waals surface area contributed by atoms with Crippen LogP contribution < -0.4 is 16.4 Å². The molecule has 0 bridgehead atoms. The number of likely N-dealkylation sites (tertiary alicyclic amines) is 1. The molecule has 0 aromatic heterocycles. The highest BCUT2D eigenvalue weighted by molar-refractivity contribution is 6.30. The molecule has 1 fully saturated rings. The van der Waals surface area contributed by atoms with E-state index in [0.29, 0.717) is 0 Å². The number of guanidine groups is 1. The molecule has 1 saturated heterocycles. The van der Waals surface area contributed by atoms with Crippen molar-refractivity contribution in [1.29, 1.82) is 0 Å². The van der Waals surface area contributed by atoms with Crippen molar-refractivity contribution in [3.8, 4) is 0 Å². The Morgan fingerprint density at radius 2 is 2.00 bits per heavy atom. The number of aliphatic imine (C=N–C) groups is 1. The largest absolute Gasteiger partial charge is 0.369 e. The summed E-state index contributed by atoms with van der Waals surface area (Å²) in [5.41, 5.74) is 6.59. The van der Waals surface area contributed by atoms with Gasteiger partial charge in [0.1, 0.15) is 0 Å². The molecule has 150 valence electrons. The molecule has 0 spiro atoms. The third-order valence-corrected chi connectivity index (χ3v) is 5.24. The lowest BCUT2D eigenvalue weighted by molar-refractivity contribution is -0.123. The van der Waals surface area contributed by atoms with Gasteiger partial charge in [0, 0.05) is 31.1 Å². The molecular weight excluding hydrogens is 362 g/mol. The quantitative estimate of drug-likeness (QED) is 0.340. The average Bonchev–Trinajstić information content (AvgIpc) is 2.66. The highest BCUT2D eigenvalue weighted by Crippen LogP contribution is 2.16. The van der Waals surface area contributed by atoms with Crippen LogP contribution in [-0.2, 0) is 11.2 Å². The van der Waals surface area contributed by atoms with E-state index in [1.807, 2.05) is 18.2 Å². The molecule has 7 heteroatoms. The van der Waals surface area contributed by atoms with Gasteiger partial charge in [-0.1, -0.05) is 23.7 Å². The standard InChI is InChI=1S/C20H32ClN5O/c1-23-20(25-11-7-16-5-4-6-18(21)15-16)24-10-2-3-12-26-13-8-17(9-14-26)19(22)27/h4-6,15,17H,2-3,7-14H2,1H3,(H2,22,27)(H2,23,24,25). The SMILES string of the molecule is CN=C(NCCCCN1CCC(C(N)=O)CC1)NCCc1cccc(Cl)c1. The van der Waals surface area contributed by atoms with E-state index in [4.69, 9.17) is 17.3 Å². The number of carbonyl (C=O) groups is 1. The number of unbranched alkanes of at least 4 members (excludes halogenated alkanes) is 1. The lowest BCUT2D eigenvalue weighted by atomic mass is 9.96. The Morgan fingerprint density at radius 1 is 1.26 bits per heavy atom. The van der Waals surface area contributed by atoms with Gasteiger partial charge in [0.2, 0.25) is 5.91 Å². The number of rotatable bonds is 9. The molecule has 1 aliphatic rings. The molecule has 2 rings (SSSR count). The number of halogens is 1. The van der Waals surface area contributed by atoms with Crippen molar-refractivity contribution in [2.24, 2.45) is 16.6 Å². The van der Waals surface area contributed by atoms with E-state index in [2.05, 4.69) is 26.6 Å². The van der Waals surface area contributed by atoms with Crippen molar-refractivity contribution < 1.29 is 4.79 Å². The van der Waals surface area contributed by atoms with E-state index in [-0.39, 0.29) is 11.8 Å². The van der Waals surface area contributed by atoms with Gasteiger partial charge in [0.15, 0.2) is 5.96 Å². The van der Waals surface area contributed by atoms with Gasteiger partial charge in [-0.25, -0.2) is 0 Å². The molecule has 27 heavy (non-hydrogen) atoms. The summed E-state index contributed by atoms with van der Waals surface area (Å²) in [6.07, 6.45) is 4.93. The molecule has 6 nitrogen and oxygen atoms in total. The number of nitrogens with one attached hydrogen (secondary N) is 2. The zero-order chi connectivity index (χ0) is 19.5. The molecule has 1 amide bonds. The second kappa shape index (κ2) is 11.8. The summed E-state index contributed by atoms with van der Waals surface area (Å²) in [6, 6.07) is 7.93. The number of hydrogen-bond acceptors (Lipinski definition) is 3. The van der Waals surface area contributed by atoms with Crippen molar-refractivity contribution in [3.05, 3.63) is 34.9 Å². The van der Waals surface area contributed by atoms with E-state index >= 15 is 0 Å². The molecule has 1 heterocycles. The molecule has 0 aliphatic carbocycles. The first-order chi connectivity index (χ1) is 13.1. The highest BCUT2D eigenvalue weighted by Gasteiger charge is 2.22. The molecule has 1 aromatic carbocycles. The maximum atomic E-state index is 11.2. The third kappa shape index (κ3) is 8.18. The van der Waals surface area contributed by atoms with Gasteiger partial charge in [-0.15, -0.1) is 0 Å². The maximum Gasteiger partial charge on any atom is 0.220 e. The molecule has 0 saturated carbocycles. The first kappa shape index (κ1) is 21.5. The highest BCUT2D eigenvalue weighted by atomic mass is 35.5. The molecule has 1 aliphatic heterocycles. The van der Waals surface area contributed by atoms with E-state index in [1.54, 1.807) is 7.05 Å². The van der Waals surface area contributed by atoms with Gasteiger partial charge in [-0.3, -0.25) is 9.79 Å². The summed E-state index contributed by atoms with van der Waals surface area (Å²) in [7, 11) is 1.79. The van der Waals surface area contributed by atoms with Crippen LogP contribution in [0.25, 0.3) is 0 Å². The van der Waals surface area contributed by atoms with Crippen LogP contribution >= 0.6 is 11.6 Å². The first-order valence-electron chi connectivity index (χ1n) is 9.79. The van der Waals surface area contributed by atoms with Crippen LogP contribution in [0.4, 0.5) is 0 Å². The number of piperidine rings is 1. The van der Waals surface area contributed by atoms with Crippen molar-refractivity contribution >= 4 is 23.5 Å². The predicted octanol–water partition coefficient (Wildman–Crippen LogP) is 2.03. The smallest absolute Gasteiger partial charge is 0.220 e. The normalized spacial score (nSPS) is 16.3. The number of primary amides is 1. The van der Waals surface area contributed by atoms with Crippen molar-refractivity contribution in [3.63, 3.8) is 0 Å². The third-order valence-electron chi connectivity index (χ3n) is 5.00. The van der Waals surface area contributed by atoms with Crippen LogP contribution in [0.5, 0.6) is 0 Å². The number of amides is 1. The second-order valence-electron chi connectivity index (χ2n) is 7.03. The van der Waals surface area contributed by atoms with Gasteiger partial charge < -0.3 is 21.3 Å². The van der Waals surface area contributed by atoms with E-state index in [1.165, 1.54) is 5.56 Å². The Bertz CT molecular complexity index is 614. The maximum absolute atomic E-state index is 11.2. The molecule has 0 radical (unpaired) electrons. The van der Waals surface area contributed by atoms with Crippen LogP contribution in [0.2, 0.25) is 5.02 Å². The molecule has 1 aromatic rings. The fourth-order valence-corrected chi connectivity index (χ4v) is 3.56. The Balaban J connectivity index is 1.53. The average molecular weight is 394 g/mol. The summed E-state index contributed by atoms with van der Waals surface area (Å²) in [5, 5.41) is 7.47. The summed E-state index contributed by atoms with van der Waals surface area (Å²) in [4.78, 5) is 17.9. The van der Waals surface area contributed by atoms with Gasteiger partial charge in [-0.05, 0) is 69.4 Å². The van der Waals surface area contributed by atoms with Gasteiger partial charge in [0.05, 0.1) is 0 Å². The number of nitrogens with zero attached hydrogens (tertiary/aromatic N) is 2. The molecular formula is C20H32ClN5O. The summed E-state index contributed by atoms with van der Waals surface area (Å²) in [5.74, 6) is 0.761. The molecule has 4 N–H and O–H groups in total. The Labute approximate surface area is 167 Å². The van der Waals surface area contributed by atoms with E-state index in [9.17, 15) is 4.79 Å². The minimum atomic E-state index is -0.145. The lowest BCUT2D eigenvalue weighted by Crippen LogP contribution is -2.40. The number of nitrogens with two attached hydrogens (primary N) is 1. The summed E-state index contributed by atoms with van der Waals surface area (Å²) >= 11 is 6.01. The lowest BCUT2D eigenvalue weighted by Gasteiger charge is -2.30. The molecule has 0 atom stereocenters. The van der Waals surface area contributed by atoms with E-state index < -0.39 is 0 Å². The number of benzene rings is 1. The summed E-state index contributed by atoms with van der Waals surface area (Å²) < 4.78 is 0. The van der Waals surface area contributed by atoms with Gasteiger partial charge in [-0.2, -0.15) is 0 Å². The second-order valence-corrected chi connectivity index (χ2v) is 7.47. The van der Waals surface area contributed by atoms with Crippen molar-refractivity contribution in [1.82, 2.24) is 15.5 Å². The first-order valence-corrected chi connectivity index (χ1v) is 10.2. The zero-order valence-corrected chi connectivity index (χ0v) is 17.0. The Kier molecular flexibility index (Phi) is 9.42. The molecule has 0 unspecified atom stereocenters. The van der Waals surface area contributed by atoms with Gasteiger partial charge in [0.25, 0.3) is 0 Å². The fraction of sp³-hybridized carbons (Fsp3) is 0.600. The van der Waals surface area contributed by atoms with E-state index in [0.717, 1.165) is 75.8 Å². The Morgan fingerprint density at radius 3 is 2.67 bits per heavy atom.